The van der Waals surface area contributed by atoms with E-state index in [2.05, 4.69) is 105 Å². The number of rotatable bonds is 8. The molecule has 0 spiro atoms. The summed E-state index contributed by atoms with van der Waals surface area (Å²) in [5.41, 5.74) is 8.49. The maximum absolute atomic E-state index is 11.2. The molecule has 1 aliphatic heterocycles. The molecule has 0 unspecified atom stereocenters. The van der Waals surface area contributed by atoms with Crippen LogP contribution in [0.25, 0.3) is 44.3 Å². The predicted octanol–water partition coefficient (Wildman–Crippen LogP) is 11.8. The Bertz CT molecular complexity index is 1870. The minimum absolute atomic E-state index is 0. The molecule has 0 saturated heterocycles. The zero-order valence-electron chi connectivity index (χ0n) is 28.1. The number of carbonyl (C=O) groups excluding carboxylic acids is 1. The minimum atomic E-state index is 0. The first-order chi connectivity index (χ1) is 22.1. The van der Waals surface area contributed by atoms with Gasteiger partial charge in [-0.05, 0) is 75.0 Å². The summed E-state index contributed by atoms with van der Waals surface area (Å²) in [5.74, 6) is 1.62. The van der Waals surface area contributed by atoms with Crippen molar-refractivity contribution in [3.8, 4) is 33.5 Å². The minimum Gasteiger partial charge on any atom is -0.512 e. The number of aliphatic hydroxyl groups is 1. The van der Waals surface area contributed by atoms with Crippen molar-refractivity contribution in [1.82, 2.24) is 4.98 Å². The van der Waals surface area contributed by atoms with Crippen LogP contribution in [-0.2, 0) is 31.3 Å². The second-order valence-corrected chi connectivity index (χ2v) is 14.5. The number of pyridine rings is 1. The Balaban J connectivity index is 0.000000307. The Hall–Kier alpha value is -3.50. The molecule has 0 saturated carbocycles. The maximum Gasteiger partial charge on any atom is 0.159 e. The smallest absolute Gasteiger partial charge is 0.159 e. The average Bonchev–Trinajstić information content (AvgIpc) is 3.14. The molecule has 0 amide bonds. The Kier molecular flexibility index (Phi) is 12.8. The van der Waals surface area contributed by atoms with E-state index in [1.165, 1.54) is 54.5 Å². The van der Waals surface area contributed by atoms with E-state index in [4.69, 9.17) is 4.98 Å². The number of benzene rings is 4. The second kappa shape index (κ2) is 16.6. The average molecular weight is 819 g/mol. The van der Waals surface area contributed by atoms with Gasteiger partial charge in [0.15, 0.2) is 5.78 Å². The van der Waals surface area contributed by atoms with Gasteiger partial charge in [0.05, 0.1) is 5.76 Å². The molecule has 6 rings (SSSR count). The van der Waals surface area contributed by atoms with Crippen LogP contribution in [0.15, 0.2) is 113 Å². The van der Waals surface area contributed by atoms with Crippen LogP contribution in [0.4, 0.5) is 0 Å². The molecule has 3 nitrogen and oxygen atoms in total. The maximum atomic E-state index is 11.2. The van der Waals surface area contributed by atoms with E-state index in [-0.39, 0.29) is 31.6 Å². The van der Waals surface area contributed by atoms with Gasteiger partial charge in [-0.1, -0.05) is 113 Å². The molecule has 1 radical (unpaired) electrons. The van der Waals surface area contributed by atoms with Crippen LogP contribution in [0, 0.1) is 23.8 Å². The first kappa shape index (κ1) is 36.3. The van der Waals surface area contributed by atoms with E-state index in [1.54, 1.807) is 0 Å². The summed E-state index contributed by atoms with van der Waals surface area (Å²) >= 11 is 1.82. The van der Waals surface area contributed by atoms with Crippen LogP contribution in [0.1, 0.15) is 59.9 Å². The van der Waals surface area contributed by atoms with Crippen molar-refractivity contribution in [3.05, 3.63) is 115 Å². The molecule has 1 aromatic heterocycles. The number of ketones is 1. The standard InChI is InChI=1S/C31H24NS.C11H20O2.Ir/c1-20(2)17-21-11-13-24-22(18-21)15-16-32-31(24)23-12-14-30-28(19-23)26-8-4-3-7-25(26)27-9-5-6-10-29(27)33-30;1-8(2)5-10(12)7-11(13)6-9(3)4;/h3-11,13-16,18-20H,17H2,1-2H3;7-9,12H,5-6H2,1-4H3;/q-1;;/b;10-7-;. The molecule has 4 aromatic carbocycles. The Labute approximate surface area is 298 Å². The molecule has 1 aliphatic rings. The van der Waals surface area contributed by atoms with Crippen molar-refractivity contribution in [1.29, 1.82) is 0 Å². The Morgan fingerprint density at radius 1 is 0.787 bits per heavy atom. The van der Waals surface area contributed by atoms with Gasteiger partial charge in [-0.15, -0.1) is 35.5 Å². The molecule has 0 bridgehead atoms. The van der Waals surface area contributed by atoms with Gasteiger partial charge < -0.3 is 10.1 Å². The van der Waals surface area contributed by atoms with E-state index in [1.807, 2.05) is 45.7 Å². The molecule has 0 fully saturated rings. The summed E-state index contributed by atoms with van der Waals surface area (Å²) in [7, 11) is 0. The van der Waals surface area contributed by atoms with Gasteiger partial charge in [0.1, 0.15) is 0 Å². The largest absolute Gasteiger partial charge is 0.512 e. The fourth-order valence-corrected chi connectivity index (χ4v) is 6.99. The number of fused-ring (bicyclic) bond motifs is 6. The van der Waals surface area contributed by atoms with Crippen molar-refractivity contribution in [2.45, 2.75) is 70.6 Å². The van der Waals surface area contributed by atoms with E-state index in [9.17, 15) is 9.90 Å². The molecular weight excluding hydrogens is 775 g/mol. The molecule has 245 valence electrons. The summed E-state index contributed by atoms with van der Waals surface area (Å²) in [6, 6.07) is 34.3. The van der Waals surface area contributed by atoms with E-state index in [0.717, 1.165) is 17.7 Å². The van der Waals surface area contributed by atoms with Crippen molar-refractivity contribution in [3.63, 3.8) is 0 Å². The van der Waals surface area contributed by atoms with E-state index < -0.39 is 0 Å². The number of aliphatic hydroxyl groups excluding tert-OH is 1. The van der Waals surface area contributed by atoms with Gasteiger partial charge in [-0.2, -0.15) is 0 Å². The summed E-state index contributed by atoms with van der Waals surface area (Å²) < 4.78 is 0. The molecule has 5 aromatic rings. The second-order valence-electron chi connectivity index (χ2n) is 13.4. The zero-order chi connectivity index (χ0) is 32.8. The third kappa shape index (κ3) is 9.32. The first-order valence-corrected chi connectivity index (χ1v) is 17.1. The number of hydrogen-bond donors (Lipinski definition) is 1. The molecule has 0 aliphatic carbocycles. The summed E-state index contributed by atoms with van der Waals surface area (Å²) in [6.07, 6.45) is 5.48. The van der Waals surface area contributed by atoms with Gasteiger partial charge in [0.2, 0.25) is 0 Å². The summed E-state index contributed by atoms with van der Waals surface area (Å²) in [5, 5.41) is 11.8. The van der Waals surface area contributed by atoms with Crippen LogP contribution >= 0.6 is 11.8 Å². The third-order valence-electron chi connectivity index (χ3n) is 7.81. The van der Waals surface area contributed by atoms with Crippen LogP contribution in [0.2, 0.25) is 0 Å². The number of nitrogens with zero attached hydrogens (tertiary/aromatic N) is 1. The normalized spacial score (nSPS) is 12.1. The number of hydrogen-bond acceptors (Lipinski definition) is 4. The predicted molar refractivity (Wildman–Crippen MR) is 194 cm³/mol. The molecule has 1 N–H and O–H groups in total. The molecular formula is C42H44IrNO2S-. The van der Waals surface area contributed by atoms with Crippen molar-refractivity contribution >= 4 is 28.3 Å². The van der Waals surface area contributed by atoms with Gasteiger partial charge >= 0.3 is 0 Å². The topological polar surface area (TPSA) is 50.2 Å². The van der Waals surface area contributed by atoms with Gasteiger partial charge in [0.25, 0.3) is 0 Å². The third-order valence-corrected chi connectivity index (χ3v) is 8.94. The van der Waals surface area contributed by atoms with E-state index >= 15 is 0 Å². The summed E-state index contributed by atoms with van der Waals surface area (Å²) in [6.45, 7) is 12.5. The quantitative estimate of drug-likeness (QED) is 0.0944. The Morgan fingerprint density at radius 2 is 1.45 bits per heavy atom. The van der Waals surface area contributed by atoms with Gasteiger partial charge in [-0.25, -0.2) is 0 Å². The number of aromatic nitrogens is 1. The van der Waals surface area contributed by atoms with E-state index in [0.29, 0.717) is 30.6 Å². The Morgan fingerprint density at radius 3 is 2.13 bits per heavy atom. The van der Waals surface area contributed by atoms with Crippen molar-refractivity contribution in [2.75, 3.05) is 0 Å². The van der Waals surface area contributed by atoms with Gasteiger partial charge in [-0.3, -0.25) is 4.79 Å². The van der Waals surface area contributed by atoms with Crippen LogP contribution in [0.3, 0.4) is 0 Å². The van der Waals surface area contributed by atoms with Crippen LogP contribution < -0.4 is 0 Å². The number of carbonyl (C=O) groups is 1. The van der Waals surface area contributed by atoms with Crippen molar-refractivity contribution in [2.24, 2.45) is 17.8 Å². The first-order valence-electron chi connectivity index (χ1n) is 16.3. The fourth-order valence-electron chi connectivity index (χ4n) is 5.92. The SMILES string of the molecule is CC(C)CC(=O)/C=C(\O)CC(C)C.CC(C)Cc1ccc2c(-c3[c-]cc4c(c3)-c3ccccc3-c3ccccc3S4)nccc2c1.[Ir]. The molecule has 5 heteroatoms. The summed E-state index contributed by atoms with van der Waals surface area (Å²) in [4.78, 5) is 18.5. The van der Waals surface area contributed by atoms with Gasteiger partial charge in [0, 0.05) is 50.1 Å². The number of allylic oxidation sites excluding steroid dienone is 2. The zero-order valence-corrected chi connectivity index (χ0v) is 31.3. The van der Waals surface area contributed by atoms with Crippen LogP contribution in [-0.4, -0.2) is 15.9 Å². The fraction of sp³-hybridized carbons (Fsp3) is 0.286. The molecule has 2 heterocycles. The molecule has 47 heavy (non-hydrogen) atoms. The van der Waals surface area contributed by atoms with Crippen molar-refractivity contribution < 1.29 is 30.0 Å². The monoisotopic (exact) mass is 819 g/mol. The molecule has 0 atom stereocenters. The van der Waals surface area contributed by atoms with Crippen LogP contribution in [0.5, 0.6) is 0 Å².